The molecule has 2 heterocycles. The molecule has 76 valence electrons. The Bertz CT molecular complexity index is 308. The van der Waals surface area contributed by atoms with E-state index in [0.717, 1.165) is 39.7 Å². The fraction of sp³-hybridized carbons (Fsp3) is 0.500. The van der Waals surface area contributed by atoms with Gasteiger partial charge in [0.2, 0.25) is 5.95 Å². The van der Waals surface area contributed by atoms with E-state index in [4.69, 9.17) is 4.74 Å². The highest BCUT2D eigenvalue weighted by Crippen LogP contribution is 2.14. The first-order valence-corrected chi connectivity index (χ1v) is 6.44. The molecule has 0 bridgehead atoms. The molecule has 14 heavy (non-hydrogen) atoms. The van der Waals surface area contributed by atoms with Gasteiger partial charge in [0.1, 0.15) is 7.40 Å². The third-order valence-electron chi connectivity index (χ3n) is 1.95. The van der Waals surface area contributed by atoms with Gasteiger partial charge in [0.15, 0.2) is 0 Å². The Morgan fingerprint density at radius 3 is 2.29 bits per heavy atom. The molecule has 0 N–H and O–H groups in total. The molecule has 1 aromatic heterocycles. The van der Waals surface area contributed by atoms with Crippen LogP contribution in [0.5, 0.6) is 0 Å². The van der Waals surface area contributed by atoms with E-state index in [1.807, 2.05) is 6.07 Å². The quantitative estimate of drug-likeness (QED) is 0.514. The molecule has 0 spiro atoms. The molecule has 1 fully saturated rings. The predicted octanol–water partition coefficient (Wildman–Crippen LogP) is 1.52. The summed E-state index contributed by atoms with van der Waals surface area (Å²) >= 11 is 4.43. The van der Waals surface area contributed by atoms with Crippen LogP contribution in [-0.2, 0) is 4.74 Å². The number of morpholine rings is 1. The number of halogens is 2. The molecule has 1 aliphatic rings. The van der Waals surface area contributed by atoms with Crippen LogP contribution in [0.3, 0.4) is 0 Å². The van der Waals surface area contributed by atoms with Gasteiger partial charge in [0.25, 0.3) is 0 Å². The van der Waals surface area contributed by atoms with Gasteiger partial charge in [-0.1, -0.05) is 0 Å². The second-order valence-corrected chi connectivity index (χ2v) is 5.12. The molecule has 0 radical (unpaired) electrons. The number of hydrogen-bond donors (Lipinski definition) is 0. The van der Waals surface area contributed by atoms with Crippen molar-refractivity contribution in [3.63, 3.8) is 0 Å². The first kappa shape index (κ1) is 10.8. The lowest BCUT2D eigenvalue weighted by atomic mass is 10.4. The normalized spacial score (nSPS) is 17.1. The van der Waals surface area contributed by atoms with Crippen molar-refractivity contribution in [1.29, 1.82) is 0 Å². The summed E-state index contributed by atoms with van der Waals surface area (Å²) in [6.07, 6.45) is 0. The Kier molecular flexibility index (Phi) is 3.77. The van der Waals surface area contributed by atoms with Crippen LogP contribution in [0.2, 0.25) is 0 Å². The van der Waals surface area contributed by atoms with Crippen LogP contribution >= 0.6 is 45.2 Å². The molecule has 0 aromatic carbocycles. The summed E-state index contributed by atoms with van der Waals surface area (Å²) in [6, 6.07) is 1.96. The van der Waals surface area contributed by atoms with Crippen LogP contribution in [0.15, 0.2) is 6.07 Å². The number of rotatable bonds is 1. The zero-order valence-electron chi connectivity index (χ0n) is 7.41. The lowest BCUT2D eigenvalue weighted by Crippen LogP contribution is -2.37. The molecule has 6 heteroatoms. The SMILES string of the molecule is Ic1cc(I)nc(N2CCOCC2)n1. The Morgan fingerprint density at radius 1 is 1.14 bits per heavy atom. The van der Waals surface area contributed by atoms with E-state index in [1.165, 1.54) is 0 Å². The Labute approximate surface area is 110 Å². The van der Waals surface area contributed by atoms with E-state index in [9.17, 15) is 0 Å². The van der Waals surface area contributed by atoms with Gasteiger partial charge in [0.05, 0.1) is 13.2 Å². The van der Waals surface area contributed by atoms with Crippen molar-refractivity contribution < 1.29 is 4.74 Å². The zero-order chi connectivity index (χ0) is 9.97. The first-order chi connectivity index (χ1) is 6.75. The minimum atomic E-state index is 0.769. The maximum absolute atomic E-state index is 5.28. The fourth-order valence-corrected chi connectivity index (χ4v) is 2.90. The van der Waals surface area contributed by atoms with Crippen molar-refractivity contribution in [2.45, 2.75) is 0 Å². The molecular formula is C8H9I2N3O. The third kappa shape index (κ3) is 2.66. The van der Waals surface area contributed by atoms with Crippen LogP contribution in [-0.4, -0.2) is 36.3 Å². The van der Waals surface area contributed by atoms with Gasteiger partial charge in [-0.25, -0.2) is 9.97 Å². The number of nitrogens with zero attached hydrogens (tertiary/aromatic N) is 3. The van der Waals surface area contributed by atoms with E-state index in [2.05, 4.69) is 60.0 Å². The van der Waals surface area contributed by atoms with E-state index in [-0.39, 0.29) is 0 Å². The lowest BCUT2D eigenvalue weighted by Gasteiger charge is -2.26. The Morgan fingerprint density at radius 2 is 1.71 bits per heavy atom. The zero-order valence-corrected chi connectivity index (χ0v) is 11.7. The number of aromatic nitrogens is 2. The number of ether oxygens (including phenoxy) is 1. The molecule has 0 aliphatic carbocycles. The average Bonchev–Trinajstić information content (AvgIpc) is 2.18. The van der Waals surface area contributed by atoms with Crippen LogP contribution in [0.1, 0.15) is 0 Å². The van der Waals surface area contributed by atoms with Crippen molar-refractivity contribution >= 4 is 51.1 Å². The van der Waals surface area contributed by atoms with Crippen LogP contribution < -0.4 is 4.90 Å². The van der Waals surface area contributed by atoms with Gasteiger partial charge in [0, 0.05) is 19.2 Å². The predicted molar refractivity (Wildman–Crippen MR) is 70.5 cm³/mol. The minimum absolute atomic E-state index is 0.769. The molecular weight excluding hydrogens is 408 g/mol. The Hall–Kier alpha value is 0.300. The third-order valence-corrected chi connectivity index (χ3v) is 3.05. The molecule has 1 aromatic rings. The molecule has 0 atom stereocenters. The monoisotopic (exact) mass is 417 g/mol. The second-order valence-electron chi connectivity index (χ2n) is 2.91. The van der Waals surface area contributed by atoms with E-state index in [1.54, 1.807) is 0 Å². The molecule has 0 amide bonds. The standard InChI is InChI=1S/C8H9I2N3O/c9-6-5-7(10)12-8(11-6)13-1-3-14-4-2-13/h5H,1-4H2. The van der Waals surface area contributed by atoms with Gasteiger partial charge < -0.3 is 9.64 Å². The Balaban J connectivity index is 2.21. The molecule has 0 saturated carbocycles. The summed E-state index contributed by atoms with van der Waals surface area (Å²) in [4.78, 5) is 11.0. The van der Waals surface area contributed by atoms with Gasteiger partial charge in [-0.3, -0.25) is 0 Å². The van der Waals surface area contributed by atoms with Crippen molar-refractivity contribution in [1.82, 2.24) is 9.97 Å². The van der Waals surface area contributed by atoms with Gasteiger partial charge in [-0.05, 0) is 45.2 Å². The first-order valence-electron chi connectivity index (χ1n) is 4.28. The maximum Gasteiger partial charge on any atom is 0.227 e. The number of hydrogen-bond acceptors (Lipinski definition) is 4. The van der Waals surface area contributed by atoms with Gasteiger partial charge in [-0.15, -0.1) is 0 Å². The van der Waals surface area contributed by atoms with Crippen molar-refractivity contribution in [3.05, 3.63) is 13.5 Å². The summed E-state index contributed by atoms with van der Waals surface area (Å²) in [5, 5.41) is 0. The van der Waals surface area contributed by atoms with E-state index in [0.29, 0.717) is 0 Å². The second kappa shape index (κ2) is 4.88. The van der Waals surface area contributed by atoms with Crippen molar-refractivity contribution in [3.8, 4) is 0 Å². The molecule has 2 rings (SSSR count). The fourth-order valence-electron chi connectivity index (χ4n) is 1.28. The summed E-state index contributed by atoms with van der Waals surface area (Å²) < 4.78 is 7.26. The maximum atomic E-state index is 5.28. The molecule has 1 aliphatic heterocycles. The van der Waals surface area contributed by atoms with Crippen LogP contribution in [0.25, 0.3) is 0 Å². The van der Waals surface area contributed by atoms with Crippen molar-refractivity contribution in [2.75, 3.05) is 31.2 Å². The lowest BCUT2D eigenvalue weighted by molar-refractivity contribution is 0.122. The molecule has 4 nitrogen and oxygen atoms in total. The average molecular weight is 417 g/mol. The highest BCUT2D eigenvalue weighted by atomic mass is 127. The summed E-state index contributed by atoms with van der Waals surface area (Å²) in [7, 11) is 0. The summed E-state index contributed by atoms with van der Waals surface area (Å²) in [5.74, 6) is 0.824. The largest absolute Gasteiger partial charge is 0.378 e. The van der Waals surface area contributed by atoms with E-state index >= 15 is 0 Å². The molecule has 0 unspecified atom stereocenters. The molecule has 1 saturated heterocycles. The van der Waals surface area contributed by atoms with Crippen LogP contribution in [0.4, 0.5) is 5.95 Å². The smallest absolute Gasteiger partial charge is 0.227 e. The minimum Gasteiger partial charge on any atom is -0.378 e. The van der Waals surface area contributed by atoms with Gasteiger partial charge >= 0.3 is 0 Å². The number of anilines is 1. The van der Waals surface area contributed by atoms with Crippen LogP contribution in [0, 0.1) is 7.40 Å². The van der Waals surface area contributed by atoms with Crippen molar-refractivity contribution in [2.24, 2.45) is 0 Å². The van der Waals surface area contributed by atoms with E-state index < -0.39 is 0 Å². The highest BCUT2D eigenvalue weighted by molar-refractivity contribution is 14.1. The summed E-state index contributed by atoms with van der Waals surface area (Å²) in [6.45, 7) is 3.31. The highest BCUT2D eigenvalue weighted by Gasteiger charge is 2.14. The summed E-state index contributed by atoms with van der Waals surface area (Å²) in [5.41, 5.74) is 0. The topological polar surface area (TPSA) is 38.2 Å². The van der Waals surface area contributed by atoms with Gasteiger partial charge in [-0.2, -0.15) is 0 Å².